The van der Waals surface area contributed by atoms with Crippen molar-refractivity contribution in [3.05, 3.63) is 28.8 Å². The number of anilines is 1. The third-order valence-corrected chi connectivity index (χ3v) is 5.25. The van der Waals surface area contributed by atoms with Gasteiger partial charge in [-0.05, 0) is 56.6 Å². The number of nitrogens with two attached hydrogens (primary N) is 2. The Labute approximate surface area is 144 Å². The molecule has 4 N–H and O–H groups in total. The summed E-state index contributed by atoms with van der Waals surface area (Å²) in [6, 6.07) is 4.53. The van der Waals surface area contributed by atoms with Crippen LogP contribution in [-0.2, 0) is 12.8 Å². The summed E-state index contributed by atoms with van der Waals surface area (Å²) in [6.45, 7) is 6.54. The normalized spacial score (nSPS) is 20.0. The minimum Gasteiger partial charge on any atom is -0.369 e. The van der Waals surface area contributed by atoms with Gasteiger partial charge in [-0.3, -0.25) is 4.90 Å². The maximum atomic E-state index is 6.41. The molecule has 0 saturated heterocycles. The number of benzene rings is 1. The van der Waals surface area contributed by atoms with E-state index in [1.807, 2.05) is 0 Å². The van der Waals surface area contributed by atoms with Crippen LogP contribution in [-0.4, -0.2) is 17.6 Å². The third kappa shape index (κ3) is 2.76. The van der Waals surface area contributed by atoms with Gasteiger partial charge in [-0.2, -0.15) is 4.99 Å². The van der Waals surface area contributed by atoms with E-state index < -0.39 is 0 Å². The van der Waals surface area contributed by atoms with Crippen LogP contribution in [0, 0.1) is 6.92 Å². The molecule has 1 spiro atoms. The molecule has 0 amide bonds. The zero-order valence-electron chi connectivity index (χ0n) is 15.1. The first-order valence-corrected chi connectivity index (χ1v) is 9.13. The van der Waals surface area contributed by atoms with Crippen molar-refractivity contribution in [2.24, 2.45) is 21.5 Å². The largest absolute Gasteiger partial charge is 0.369 e. The van der Waals surface area contributed by atoms with Gasteiger partial charge < -0.3 is 11.5 Å². The Morgan fingerprint density at radius 3 is 2.17 bits per heavy atom. The van der Waals surface area contributed by atoms with E-state index in [0.717, 1.165) is 38.5 Å². The van der Waals surface area contributed by atoms with Gasteiger partial charge in [0.1, 0.15) is 5.66 Å². The minimum absolute atomic E-state index is 0.314. The fourth-order valence-corrected chi connectivity index (χ4v) is 4.21. The first kappa shape index (κ1) is 16.8. The molecule has 130 valence electrons. The number of hydrogen-bond donors (Lipinski definition) is 2. The molecule has 5 nitrogen and oxygen atoms in total. The van der Waals surface area contributed by atoms with Crippen molar-refractivity contribution >= 4 is 17.6 Å². The molecule has 24 heavy (non-hydrogen) atoms. The lowest BCUT2D eigenvalue weighted by Gasteiger charge is -2.47. The van der Waals surface area contributed by atoms with Gasteiger partial charge >= 0.3 is 0 Å². The molecule has 1 aromatic carbocycles. The Balaban J connectivity index is 2.21. The van der Waals surface area contributed by atoms with E-state index in [1.165, 1.54) is 28.8 Å². The van der Waals surface area contributed by atoms with Crippen LogP contribution in [0.15, 0.2) is 22.1 Å². The Kier molecular flexibility index (Phi) is 4.52. The van der Waals surface area contributed by atoms with E-state index in [0.29, 0.717) is 11.9 Å². The zero-order chi connectivity index (χ0) is 17.3. The average molecular weight is 327 g/mol. The van der Waals surface area contributed by atoms with Crippen LogP contribution < -0.4 is 16.4 Å². The van der Waals surface area contributed by atoms with Gasteiger partial charge in [0.05, 0.1) is 5.69 Å². The lowest BCUT2D eigenvalue weighted by Crippen LogP contribution is -2.58. The molecule has 1 aromatic rings. The van der Waals surface area contributed by atoms with Crippen LogP contribution in [0.4, 0.5) is 5.69 Å². The fraction of sp³-hybridized carbons (Fsp3) is 0.579. The van der Waals surface area contributed by atoms with E-state index in [2.05, 4.69) is 42.8 Å². The van der Waals surface area contributed by atoms with Gasteiger partial charge in [-0.1, -0.05) is 38.0 Å². The Hall–Kier alpha value is -2.04. The van der Waals surface area contributed by atoms with Crippen molar-refractivity contribution in [2.75, 3.05) is 4.90 Å². The topological polar surface area (TPSA) is 80.0 Å². The summed E-state index contributed by atoms with van der Waals surface area (Å²) in [7, 11) is 0. The minimum atomic E-state index is -0.364. The molecular formula is C19H29N5. The molecule has 0 radical (unpaired) electrons. The van der Waals surface area contributed by atoms with Gasteiger partial charge in [0.2, 0.25) is 11.9 Å². The number of hydrogen-bond acceptors (Lipinski definition) is 5. The molecular weight excluding hydrogens is 298 g/mol. The third-order valence-electron chi connectivity index (χ3n) is 5.25. The van der Waals surface area contributed by atoms with E-state index in [1.54, 1.807) is 0 Å². The summed E-state index contributed by atoms with van der Waals surface area (Å²) in [5.74, 6) is 0.798. The van der Waals surface area contributed by atoms with E-state index in [4.69, 9.17) is 16.5 Å². The van der Waals surface area contributed by atoms with Crippen molar-refractivity contribution < 1.29 is 0 Å². The number of guanidine groups is 2. The average Bonchev–Trinajstić information content (AvgIpc) is 2.55. The Bertz CT molecular complexity index is 658. The number of rotatable bonds is 3. The summed E-state index contributed by atoms with van der Waals surface area (Å²) >= 11 is 0. The monoisotopic (exact) mass is 327 g/mol. The standard InChI is InChI=1S/C19H29N5/c1-4-14-11-13(3)12-15(5-2)16(14)24-18(21)22-17(20)23-19(24)9-7-6-8-10-19/h11-12H,4-10H2,1-3H3,(H4,20,21,22,23). The fourth-order valence-electron chi connectivity index (χ4n) is 4.21. The molecule has 1 saturated carbocycles. The summed E-state index contributed by atoms with van der Waals surface area (Å²) in [5.41, 5.74) is 17.1. The highest BCUT2D eigenvalue weighted by Crippen LogP contribution is 2.42. The highest BCUT2D eigenvalue weighted by molar-refractivity contribution is 6.06. The number of nitrogens with zero attached hydrogens (tertiary/aromatic N) is 3. The Morgan fingerprint density at radius 1 is 1.04 bits per heavy atom. The number of aryl methyl sites for hydroxylation is 3. The molecule has 1 heterocycles. The maximum Gasteiger partial charge on any atom is 0.220 e. The maximum absolute atomic E-state index is 6.41. The zero-order valence-corrected chi connectivity index (χ0v) is 15.1. The van der Waals surface area contributed by atoms with E-state index >= 15 is 0 Å². The van der Waals surface area contributed by atoms with Crippen molar-refractivity contribution in [3.63, 3.8) is 0 Å². The van der Waals surface area contributed by atoms with Crippen molar-refractivity contribution in [3.8, 4) is 0 Å². The Morgan fingerprint density at radius 2 is 1.62 bits per heavy atom. The second kappa shape index (κ2) is 6.46. The molecule has 0 unspecified atom stereocenters. The van der Waals surface area contributed by atoms with Crippen LogP contribution >= 0.6 is 0 Å². The van der Waals surface area contributed by atoms with Crippen LogP contribution in [0.25, 0.3) is 0 Å². The summed E-state index contributed by atoms with van der Waals surface area (Å²) in [4.78, 5) is 11.3. The van der Waals surface area contributed by atoms with Crippen LogP contribution in [0.1, 0.15) is 62.6 Å². The first-order valence-electron chi connectivity index (χ1n) is 9.13. The SMILES string of the molecule is CCc1cc(C)cc(CC)c1N1C(N)=NC(N)=NC12CCCCC2. The van der Waals surface area contributed by atoms with Gasteiger partial charge in [-0.25, -0.2) is 4.99 Å². The second-order valence-corrected chi connectivity index (χ2v) is 6.96. The molecule has 1 aliphatic heterocycles. The lowest BCUT2D eigenvalue weighted by atomic mass is 9.86. The number of aliphatic imine (C=N–C) groups is 2. The van der Waals surface area contributed by atoms with Crippen molar-refractivity contribution in [1.82, 2.24) is 0 Å². The van der Waals surface area contributed by atoms with Gasteiger partial charge in [0.25, 0.3) is 0 Å². The highest BCUT2D eigenvalue weighted by atomic mass is 15.4. The summed E-state index contributed by atoms with van der Waals surface area (Å²) in [6.07, 6.45) is 7.42. The van der Waals surface area contributed by atoms with E-state index in [9.17, 15) is 0 Å². The van der Waals surface area contributed by atoms with Crippen LogP contribution in [0.2, 0.25) is 0 Å². The molecule has 1 aliphatic carbocycles. The first-order chi connectivity index (χ1) is 11.5. The quantitative estimate of drug-likeness (QED) is 0.894. The van der Waals surface area contributed by atoms with Crippen LogP contribution in [0.5, 0.6) is 0 Å². The van der Waals surface area contributed by atoms with Gasteiger partial charge in [-0.15, -0.1) is 0 Å². The summed E-state index contributed by atoms with van der Waals surface area (Å²) in [5, 5.41) is 0. The molecule has 5 heteroatoms. The second-order valence-electron chi connectivity index (χ2n) is 6.96. The molecule has 2 aliphatic rings. The van der Waals surface area contributed by atoms with Crippen molar-refractivity contribution in [1.29, 1.82) is 0 Å². The molecule has 0 aromatic heterocycles. The van der Waals surface area contributed by atoms with Gasteiger partial charge in [0, 0.05) is 0 Å². The smallest absolute Gasteiger partial charge is 0.220 e. The lowest BCUT2D eigenvalue weighted by molar-refractivity contribution is 0.305. The molecule has 3 rings (SSSR count). The summed E-state index contributed by atoms with van der Waals surface area (Å²) < 4.78 is 0. The van der Waals surface area contributed by atoms with Crippen LogP contribution in [0.3, 0.4) is 0 Å². The van der Waals surface area contributed by atoms with Crippen molar-refractivity contribution in [2.45, 2.75) is 71.4 Å². The molecule has 0 atom stereocenters. The predicted octanol–water partition coefficient (Wildman–Crippen LogP) is 3.23. The molecule has 1 fully saturated rings. The molecule has 0 bridgehead atoms. The van der Waals surface area contributed by atoms with E-state index in [-0.39, 0.29) is 5.66 Å². The highest BCUT2D eigenvalue weighted by Gasteiger charge is 2.43. The predicted molar refractivity (Wildman–Crippen MR) is 101 cm³/mol. The van der Waals surface area contributed by atoms with Gasteiger partial charge in [0.15, 0.2) is 0 Å².